The largest absolute Gasteiger partial charge is 0.344 e. The average molecular weight is 336 g/mol. The summed E-state index contributed by atoms with van der Waals surface area (Å²) in [7, 11) is 0. The molecule has 1 fully saturated rings. The van der Waals surface area contributed by atoms with E-state index in [0.29, 0.717) is 19.4 Å². The van der Waals surface area contributed by atoms with Gasteiger partial charge in [-0.05, 0) is 56.0 Å². The van der Waals surface area contributed by atoms with E-state index in [1.54, 1.807) is 4.90 Å². The zero-order chi connectivity index (χ0) is 18.0. The topological polar surface area (TPSA) is 49.4 Å². The highest BCUT2D eigenvalue weighted by Crippen LogP contribution is 2.24. The number of rotatable bonds is 4. The van der Waals surface area contributed by atoms with E-state index in [2.05, 4.69) is 11.4 Å². The number of hydrogen-bond acceptors (Lipinski definition) is 2. The second-order valence-corrected chi connectivity index (χ2v) is 6.91. The SMILES string of the molecule is Cc1ccc(CC(=O)N[C@@H]2CCN(c3cc(C)cc(C)c3)C2=O)cc1. The highest BCUT2D eigenvalue weighted by atomic mass is 16.2. The first-order valence-electron chi connectivity index (χ1n) is 8.67. The average Bonchev–Trinajstić information content (AvgIpc) is 2.89. The van der Waals surface area contributed by atoms with Crippen molar-refractivity contribution in [3.63, 3.8) is 0 Å². The first kappa shape index (κ1) is 17.2. The van der Waals surface area contributed by atoms with Gasteiger partial charge in [-0.3, -0.25) is 9.59 Å². The van der Waals surface area contributed by atoms with Crippen LogP contribution in [0.1, 0.15) is 28.7 Å². The number of aryl methyl sites for hydroxylation is 3. The number of amides is 2. The van der Waals surface area contributed by atoms with E-state index in [-0.39, 0.29) is 11.8 Å². The summed E-state index contributed by atoms with van der Waals surface area (Å²) in [6.07, 6.45) is 0.944. The Hall–Kier alpha value is -2.62. The van der Waals surface area contributed by atoms with E-state index < -0.39 is 6.04 Å². The van der Waals surface area contributed by atoms with Crippen molar-refractivity contribution in [1.29, 1.82) is 0 Å². The van der Waals surface area contributed by atoms with Gasteiger partial charge in [0.2, 0.25) is 11.8 Å². The first-order chi connectivity index (χ1) is 11.9. The summed E-state index contributed by atoms with van der Waals surface area (Å²) in [5.74, 6) is -0.133. The van der Waals surface area contributed by atoms with Crippen LogP contribution in [0, 0.1) is 20.8 Å². The summed E-state index contributed by atoms with van der Waals surface area (Å²) in [6.45, 7) is 6.70. The Bertz CT molecular complexity index is 776. The fourth-order valence-electron chi connectivity index (χ4n) is 3.31. The number of anilines is 1. The molecule has 0 spiro atoms. The van der Waals surface area contributed by atoms with Gasteiger partial charge in [0.1, 0.15) is 6.04 Å². The van der Waals surface area contributed by atoms with Gasteiger partial charge in [-0.1, -0.05) is 35.9 Å². The summed E-state index contributed by atoms with van der Waals surface area (Å²) >= 11 is 0. The van der Waals surface area contributed by atoms with Crippen molar-refractivity contribution in [3.8, 4) is 0 Å². The van der Waals surface area contributed by atoms with E-state index in [9.17, 15) is 9.59 Å². The van der Waals surface area contributed by atoms with Crippen molar-refractivity contribution in [2.24, 2.45) is 0 Å². The lowest BCUT2D eigenvalue weighted by Crippen LogP contribution is -2.42. The summed E-state index contributed by atoms with van der Waals surface area (Å²) in [5, 5.41) is 2.89. The molecule has 4 heteroatoms. The quantitative estimate of drug-likeness (QED) is 0.933. The second kappa shape index (κ2) is 7.09. The normalized spacial score (nSPS) is 17.0. The zero-order valence-electron chi connectivity index (χ0n) is 15.0. The van der Waals surface area contributed by atoms with E-state index in [4.69, 9.17) is 0 Å². The van der Waals surface area contributed by atoms with Crippen molar-refractivity contribution >= 4 is 17.5 Å². The summed E-state index contributed by atoms with van der Waals surface area (Å²) in [4.78, 5) is 26.7. The summed E-state index contributed by atoms with van der Waals surface area (Å²) in [6, 6.07) is 13.6. The molecule has 1 aliphatic rings. The third-order valence-corrected chi connectivity index (χ3v) is 4.54. The van der Waals surface area contributed by atoms with Gasteiger partial charge in [-0.2, -0.15) is 0 Å². The van der Waals surface area contributed by atoms with E-state index in [1.807, 2.05) is 57.2 Å². The molecule has 1 aliphatic heterocycles. The van der Waals surface area contributed by atoms with Crippen LogP contribution < -0.4 is 10.2 Å². The molecule has 25 heavy (non-hydrogen) atoms. The fourth-order valence-corrected chi connectivity index (χ4v) is 3.31. The van der Waals surface area contributed by atoms with Crippen LogP contribution in [0.5, 0.6) is 0 Å². The number of benzene rings is 2. The van der Waals surface area contributed by atoms with Crippen LogP contribution >= 0.6 is 0 Å². The van der Waals surface area contributed by atoms with Crippen molar-refractivity contribution in [3.05, 3.63) is 64.7 Å². The standard InChI is InChI=1S/C21H24N2O2/c1-14-4-6-17(7-5-14)13-20(24)22-19-8-9-23(21(19)25)18-11-15(2)10-16(3)12-18/h4-7,10-12,19H,8-9,13H2,1-3H3,(H,22,24)/t19-/m1/s1. The van der Waals surface area contributed by atoms with Crippen LogP contribution in [-0.4, -0.2) is 24.4 Å². The monoisotopic (exact) mass is 336 g/mol. The number of hydrogen-bond donors (Lipinski definition) is 1. The minimum atomic E-state index is -0.432. The molecule has 3 rings (SSSR count). The van der Waals surface area contributed by atoms with Gasteiger partial charge in [0.05, 0.1) is 6.42 Å². The third-order valence-electron chi connectivity index (χ3n) is 4.54. The molecule has 0 radical (unpaired) electrons. The van der Waals surface area contributed by atoms with Gasteiger partial charge >= 0.3 is 0 Å². The lowest BCUT2D eigenvalue weighted by Gasteiger charge is -2.18. The van der Waals surface area contributed by atoms with Crippen molar-refractivity contribution in [2.75, 3.05) is 11.4 Å². The zero-order valence-corrected chi connectivity index (χ0v) is 15.0. The summed E-state index contributed by atoms with van der Waals surface area (Å²) < 4.78 is 0. The van der Waals surface area contributed by atoms with Crippen LogP contribution in [-0.2, 0) is 16.0 Å². The molecule has 2 aromatic carbocycles. The molecule has 0 unspecified atom stereocenters. The maximum Gasteiger partial charge on any atom is 0.249 e. The molecule has 0 aromatic heterocycles. The Morgan fingerprint density at radius 2 is 1.68 bits per heavy atom. The van der Waals surface area contributed by atoms with E-state index in [0.717, 1.165) is 22.4 Å². The second-order valence-electron chi connectivity index (χ2n) is 6.91. The van der Waals surface area contributed by atoms with Crippen molar-refractivity contribution in [2.45, 2.75) is 39.7 Å². The molecule has 1 heterocycles. The number of nitrogens with one attached hydrogen (secondary N) is 1. The van der Waals surface area contributed by atoms with Crippen molar-refractivity contribution in [1.82, 2.24) is 5.32 Å². The molecule has 1 saturated heterocycles. The molecule has 2 aromatic rings. The Kier molecular flexibility index (Phi) is 4.88. The van der Waals surface area contributed by atoms with Gasteiger partial charge in [0.25, 0.3) is 0 Å². The molecular weight excluding hydrogens is 312 g/mol. The molecule has 2 amide bonds. The fraction of sp³-hybridized carbons (Fsp3) is 0.333. The highest BCUT2D eigenvalue weighted by molar-refractivity contribution is 6.01. The number of nitrogens with zero attached hydrogens (tertiary/aromatic N) is 1. The molecule has 1 N–H and O–H groups in total. The first-order valence-corrected chi connectivity index (χ1v) is 8.67. The smallest absolute Gasteiger partial charge is 0.249 e. The van der Waals surface area contributed by atoms with E-state index >= 15 is 0 Å². The van der Waals surface area contributed by atoms with Crippen LogP contribution in [0.15, 0.2) is 42.5 Å². The van der Waals surface area contributed by atoms with Gasteiger partial charge in [0, 0.05) is 12.2 Å². The Morgan fingerprint density at radius 1 is 1.04 bits per heavy atom. The van der Waals surface area contributed by atoms with Crippen LogP contribution in [0.4, 0.5) is 5.69 Å². The third kappa shape index (κ3) is 4.08. The Labute approximate surface area is 148 Å². The summed E-state index contributed by atoms with van der Waals surface area (Å²) in [5.41, 5.74) is 5.31. The van der Waals surface area contributed by atoms with Gasteiger partial charge in [-0.15, -0.1) is 0 Å². The maximum absolute atomic E-state index is 12.7. The van der Waals surface area contributed by atoms with Crippen LogP contribution in [0.3, 0.4) is 0 Å². The van der Waals surface area contributed by atoms with Crippen LogP contribution in [0.25, 0.3) is 0 Å². The molecule has 0 aliphatic carbocycles. The van der Waals surface area contributed by atoms with E-state index in [1.165, 1.54) is 5.56 Å². The Balaban J connectivity index is 1.63. The van der Waals surface area contributed by atoms with Crippen molar-refractivity contribution < 1.29 is 9.59 Å². The van der Waals surface area contributed by atoms with Crippen LogP contribution in [0.2, 0.25) is 0 Å². The van der Waals surface area contributed by atoms with Gasteiger partial charge in [-0.25, -0.2) is 0 Å². The molecule has 0 saturated carbocycles. The lowest BCUT2D eigenvalue weighted by molar-refractivity contribution is -0.126. The number of carbonyl (C=O) groups excluding carboxylic acids is 2. The minimum Gasteiger partial charge on any atom is -0.344 e. The minimum absolute atomic E-state index is 0.0257. The van der Waals surface area contributed by atoms with Gasteiger partial charge in [0.15, 0.2) is 0 Å². The maximum atomic E-state index is 12.7. The Morgan fingerprint density at radius 3 is 2.32 bits per heavy atom. The molecule has 4 nitrogen and oxygen atoms in total. The molecule has 0 bridgehead atoms. The molecular formula is C21H24N2O2. The molecule has 130 valence electrons. The number of carbonyl (C=O) groups is 2. The highest BCUT2D eigenvalue weighted by Gasteiger charge is 2.33. The predicted molar refractivity (Wildman–Crippen MR) is 99.7 cm³/mol. The lowest BCUT2D eigenvalue weighted by atomic mass is 10.1. The van der Waals surface area contributed by atoms with Gasteiger partial charge < -0.3 is 10.2 Å². The molecule has 1 atom stereocenters. The predicted octanol–water partition coefficient (Wildman–Crippen LogP) is 3.08.